The molecule has 0 aliphatic carbocycles. The molecule has 0 saturated heterocycles. The maximum absolute atomic E-state index is 8.61. The molecule has 0 bridgehead atoms. The molecule has 0 fully saturated rings. The average molecular weight is 427 g/mol. The first-order valence-corrected chi connectivity index (χ1v) is 7.60. The second-order valence-corrected chi connectivity index (χ2v) is 3.10. The van der Waals surface area contributed by atoms with Crippen LogP contribution in [0.5, 0.6) is 0 Å². The molecule has 0 atom stereocenters. The molecule has 54 valence electrons. The van der Waals surface area contributed by atoms with Crippen LogP contribution in [0.4, 0.5) is 0 Å². The summed E-state index contributed by atoms with van der Waals surface area (Å²) in [5.74, 6) is 0. The fraction of sp³-hybridized carbons (Fsp3) is 0. The monoisotopic (exact) mass is 427 g/mol. The van der Waals surface area contributed by atoms with Crippen LogP contribution in [0.25, 0.3) is 0 Å². The average Bonchev–Trinajstić information content (AvgIpc) is 1.27. The van der Waals surface area contributed by atoms with Gasteiger partial charge in [-0.25, -0.2) is 0 Å². The molecule has 0 amide bonds. The summed E-state index contributed by atoms with van der Waals surface area (Å²) in [6.45, 7) is 0. The quantitative estimate of drug-likeness (QED) is 0.389. The van der Waals surface area contributed by atoms with Crippen molar-refractivity contribution in [1.29, 1.82) is 0 Å². The Balaban J connectivity index is -0.0000000800. The van der Waals surface area contributed by atoms with E-state index in [1.165, 1.54) is 0 Å². The Labute approximate surface area is 68.6 Å². The molecular weight excluding hydrogens is 423 g/mol. The third kappa shape index (κ3) is 574. The number of hydrogen-bond acceptors (Lipinski definition) is 6. The predicted molar refractivity (Wildman–Crippen MR) is 13.8 cm³/mol. The Morgan fingerprint density at radius 2 is 1.11 bits per heavy atom. The van der Waals surface area contributed by atoms with Crippen molar-refractivity contribution in [1.82, 2.24) is 6.15 Å². The van der Waals surface area contributed by atoms with Crippen LogP contribution in [-0.4, -0.2) is 14.5 Å². The standard InChI is InChI=1S/AsH3O4.H3N.2O.U/c2-1(3,4)5;;;;/h(H3,2,3,4,5);1H3;;;/q;;;;+2/p-2. The molecule has 7 nitrogen and oxygen atoms in total. The van der Waals surface area contributed by atoms with E-state index >= 15 is 0 Å². The van der Waals surface area contributed by atoms with Gasteiger partial charge >= 0.3 is 62.8 Å². The van der Waals surface area contributed by atoms with Crippen molar-refractivity contribution in [2.24, 2.45) is 0 Å². The first-order valence-electron chi connectivity index (χ1n) is 1.14. The van der Waals surface area contributed by atoms with Crippen molar-refractivity contribution in [3.63, 3.8) is 0 Å². The van der Waals surface area contributed by atoms with Gasteiger partial charge in [0, 0.05) is 0 Å². The van der Waals surface area contributed by atoms with E-state index in [0.29, 0.717) is 0 Å². The summed E-state index contributed by atoms with van der Waals surface area (Å²) in [4.78, 5) is 0. The Bertz CT molecular complexity index is 111. The molecule has 0 rings (SSSR count). The van der Waals surface area contributed by atoms with Crippen LogP contribution in [0.1, 0.15) is 0 Å². The second-order valence-electron chi connectivity index (χ2n) is 0.531. The van der Waals surface area contributed by atoms with Crippen molar-refractivity contribution >= 4 is 14.5 Å². The van der Waals surface area contributed by atoms with Crippen LogP contribution in [0.2, 0.25) is 0 Å². The zero-order valence-corrected chi connectivity index (χ0v) is 10.4. The number of quaternary nitrogens is 1. The second kappa shape index (κ2) is 8.85. The van der Waals surface area contributed by atoms with Gasteiger partial charge in [0.25, 0.3) is 0 Å². The van der Waals surface area contributed by atoms with Gasteiger partial charge in [0.1, 0.15) is 0 Å². The van der Waals surface area contributed by atoms with Gasteiger partial charge in [-0.1, -0.05) is 0 Å². The summed E-state index contributed by atoms with van der Waals surface area (Å²) in [7, 11) is 0. The summed E-state index contributed by atoms with van der Waals surface area (Å²) in [5, 5.41) is 0. The molecule has 0 aliphatic heterocycles. The van der Waals surface area contributed by atoms with Crippen molar-refractivity contribution in [2.45, 2.75) is 0 Å². The first-order chi connectivity index (χ1) is 3.41. The van der Waals surface area contributed by atoms with Crippen LogP contribution in [0.15, 0.2) is 0 Å². The van der Waals surface area contributed by atoms with Crippen LogP contribution in [0.3, 0.4) is 0 Å². The normalized spacial score (nSPS) is 7.44. The predicted octanol–water partition coefficient (Wildman–Crippen LogP) is -3.93. The third-order valence-electron chi connectivity index (χ3n) is 0. The molecule has 0 aromatic rings. The van der Waals surface area contributed by atoms with E-state index in [0.717, 1.165) is 0 Å². The molecule has 0 aromatic heterocycles. The van der Waals surface area contributed by atoms with Gasteiger partial charge in [-0.05, 0) is 0 Å². The summed E-state index contributed by atoms with van der Waals surface area (Å²) in [6.07, 6.45) is 0. The molecular formula is H4AsNO6U. The third-order valence-corrected chi connectivity index (χ3v) is 0. The Morgan fingerprint density at radius 3 is 1.11 bits per heavy atom. The minimum absolute atomic E-state index is 0. The maximum atomic E-state index is 8.61. The fourth-order valence-electron chi connectivity index (χ4n) is 0. The molecule has 9 heavy (non-hydrogen) atoms. The van der Waals surface area contributed by atoms with Crippen molar-refractivity contribution in [2.75, 3.05) is 0 Å². The van der Waals surface area contributed by atoms with E-state index < -0.39 is 42.3 Å². The summed E-state index contributed by atoms with van der Waals surface area (Å²) in [6, 6.07) is 0. The molecule has 0 saturated carbocycles. The van der Waals surface area contributed by atoms with Gasteiger partial charge in [-0.15, -0.1) is 0 Å². The summed E-state index contributed by atoms with van der Waals surface area (Å²) in [5.41, 5.74) is 0. The van der Waals surface area contributed by atoms with Crippen LogP contribution in [-0.2, 0) is 8.21 Å². The Morgan fingerprint density at radius 1 is 1.11 bits per heavy atom. The minimum atomic E-state index is -5.88. The van der Waals surface area contributed by atoms with E-state index in [1.54, 1.807) is 0 Å². The SMILES string of the molecule is O=[As]([O-])([O-])[O-].[NH4+].[O]=[U+2]=[O]. The van der Waals surface area contributed by atoms with Gasteiger partial charge in [0.05, 0.1) is 0 Å². The molecule has 0 radical (unpaired) electrons. The zero-order chi connectivity index (χ0) is 7.21. The first kappa shape index (κ1) is 16.4. The van der Waals surface area contributed by atoms with E-state index in [4.69, 9.17) is 20.5 Å². The number of rotatable bonds is 0. The van der Waals surface area contributed by atoms with Crippen molar-refractivity contribution in [3.05, 3.63) is 0 Å². The van der Waals surface area contributed by atoms with Gasteiger partial charge in [-0.3, -0.25) is 0 Å². The van der Waals surface area contributed by atoms with E-state index in [2.05, 4.69) is 0 Å². The van der Waals surface area contributed by atoms with Gasteiger partial charge < -0.3 is 6.15 Å². The van der Waals surface area contributed by atoms with Crippen LogP contribution in [0, 0.1) is 27.8 Å². The van der Waals surface area contributed by atoms with Crippen LogP contribution < -0.4 is 18.4 Å². The van der Waals surface area contributed by atoms with Crippen molar-refractivity contribution in [3.8, 4) is 0 Å². The van der Waals surface area contributed by atoms with Crippen molar-refractivity contribution < 1.29 is 48.3 Å². The Kier molecular flexibility index (Phi) is 16.2. The number of hydrogen-bond donors (Lipinski definition) is 1. The van der Waals surface area contributed by atoms with Gasteiger partial charge in [-0.2, -0.15) is 0 Å². The molecule has 0 spiro atoms. The molecule has 0 aromatic carbocycles. The molecule has 4 N–H and O–H groups in total. The summed E-state index contributed by atoms with van der Waals surface area (Å²) >= 11 is -8.38. The van der Waals surface area contributed by atoms with Gasteiger partial charge in [0.2, 0.25) is 0 Å². The topological polar surface area (TPSA) is 157 Å². The van der Waals surface area contributed by atoms with E-state index in [9.17, 15) is 0 Å². The zero-order valence-electron chi connectivity index (χ0n) is 4.40. The Hall–Kier alpha value is 0.850. The molecule has 0 unspecified atom stereocenters. The van der Waals surface area contributed by atoms with Crippen LogP contribution >= 0.6 is 0 Å². The van der Waals surface area contributed by atoms with E-state index in [1.807, 2.05) is 0 Å². The van der Waals surface area contributed by atoms with Gasteiger partial charge in [0.15, 0.2) is 0 Å². The summed E-state index contributed by atoms with van der Waals surface area (Å²) < 4.78 is 51.6. The van der Waals surface area contributed by atoms with E-state index in [-0.39, 0.29) is 6.15 Å². The fourth-order valence-corrected chi connectivity index (χ4v) is 0. The molecule has 0 aliphatic rings. The molecule has 9 heteroatoms. The molecule has 0 heterocycles.